The number of carbonyl (C=O) groups is 2. The van der Waals surface area contributed by atoms with Crippen molar-refractivity contribution in [3.05, 3.63) is 48.6 Å². The zero-order valence-corrected chi connectivity index (χ0v) is 38.4. The predicted molar refractivity (Wildman–Crippen MR) is 250 cm³/mol. The fourth-order valence-corrected chi connectivity index (χ4v) is 7.38. The van der Waals surface area contributed by atoms with Crippen LogP contribution in [0, 0.1) is 0 Å². The van der Waals surface area contributed by atoms with Crippen molar-refractivity contribution in [3.8, 4) is 0 Å². The summed E-state index contributed by atoms with van der Waals surface area (Å²) in [5.74, 6) is -0.502. The van der Waals surface area contributed by atoms with Crippen molar-refractivity contribution in [1.82, 2.24) is 5.32 Å². The minimum atomic E-state index is -0.791. The topological polar surface area (TPSA) is 95.9 Å². The molecule has 6 heteroatoms. The highest BCUT2D eigenvalue weighted by molar-refractivity contribution is 5.77. The molecule has 3 unspecified atom stereocenters. The van der Waals surface area contributed by atoms with Crippen LogP contribution in [0.1, 0.15) is 245 Å². The zero-order valence-electron chi connectivity index (χ0n) is 38.4. The van der Waals surface area contributed by atoms with Crippen molar-refractivity contribution < 1.29 is 24.5 Å². The lowest BCUT2D eigenvalue weighted by Crippen LogP contribution is -2.46. The average Bonchev–Trinajstić information content (AvgIpc) is 3.22. The Hall–Kier alpha value is -2.18. The van der Waals surface area contributed by atoms with E-state index in [0.29, 0.717) is 19.3 Å². The molecule has 0 heterocycles. The maximum Gasteiger partial charge on any atom is 0.306 e. The summed E-state index contributed by atoms with van der Waals surface area (Å²) in [6.07, 6.45) is 54.6. The van der Waals surface area contributed by atoms with Crippen LogP contribution in [0.3, 0.4) is 0 Å². The number of unbranched alkanes of at least 4 members (excludes halogenated alkanes) is 24. The quantitative estimate of drug-likeness (QED) is 0.0323. The molecule has 0 aromatic heterocycles. The molecule has 0 aliphatic rings. The zero-order chi connectivity index (χ0) is 42.4. The van der Waals surface area contributed by atoms with Crippen LogP contribution in [-0.2, 0) is 14.3 Å². The Morgan fingerprint density at radius 1 is 0.517 bits per heavy atom. The van der Waals surface area contributed by atoms with E-state index in [2.05, 4.69) is 74.7 Å². The molecule has 0 rings (SSSR count). The fourth-order valence-electron chi connectivity index (χ4n) is 7.38. The van der Waals surface area contributed by atoms with Crippen molar-refractivity contribution in [3.63, 3.8) is 0 Å². The van der Waals surface area contributed by atoms with Gasteiger partial charge in [0.05, 0.1) is 25.2 Å². The van der Waals surface area contributed by atoms with E-state index in [1.54, 1.807) is 0 Å². The number of ether oxygens (including phenoxy) is 1. The molecule has 338 valence electrons. The molecule has 0 saturated carbocycles. The predicted octanol–water partition coefficient (Wildman–Crippen LogP) is 14.7. The molecular formula is C52H95NO5. The molecule has 1 amide bonds. The minimum absolute atomic E-state index is 0.0619. The Kier molecular flexibility index (Phi) is 44.2. The average molecular weight is 814 g/mol. The van der Waals surface area contributed by atoms with E-state index < -0.39 is 18.2 Å². The number of aliphatic hydroxyl groups excluding tert-OH is 2. The number of rotatable bonds is 44. The van der Waals surface area contributed by atoms with E-state index in [1.807, 2.05) is 0 Å². The van der Waals surface area contributed by atoms with Crippen LogP contribution in [0.15, 0.2) is 48.6 Å². The SMILES string of the molecule is CC/C=C/C/C=C/C/C=C/CCCCCCCCC(=O)OC(CCCCC/C=C/CCCCCCCCC)CC(=O)NC(CO)C(O)CCCCCCCCCCC. The number of esters is 1. The number of hydrogen-bond donors (Lipinski definition) is 3. The van der Waals surface area contributed by atoms with Crippen LogP contribution >= 0.6 is 0 Å². The second kappa shape index (κ2) is 45.9. The maximum absolute atomic E-state index is 13.2. The lowest BCUT2D eigenvalue weighted by atomic mass is 10.0. The van der Waals surface area contributed by atoms with Crippen molar-refractivity contribution >= 4 is 11.9 Å². The first-order valence-corrected chi connectivity index (χ1v) is 24.9. The Labute approximate surface area is 359 Å². The standard InChI is InChI=1S/C52H95NO5/c1-4-7-10-13-16-19-21-23-25-26-28-30-33-36-39-42-45-52(57)58-48(43-40-37-34-32-29-27-24-22-20-17-14-11-8-5-2)46-51(56)53-49(47-54)50(55)44-41-38-35-31-18-15-12-9-6-3/h7,10,16,19,23,25,27,29,48-50,54-55H,4-6,8-9,11-15,17-18,20-22,24,26,28,30-47H2,1-3H3,(H,53,56)/b10-7+,19-16+,25-23+,29-27+. The van der Waals surface area contributed by atoms with E-state index in [9.17, 15) is 19.8 Å². The molecule has 0 aromatic carbocycles. The number of carbonyl (C=O) groups excluding carboxylic acids is 2. The number of nitrogens with one attached hydrogen (secondary N) is 1. The second-order valence-electron chi connectivity index (χ2n) is 16.8. The molecule has 0 spiro atoms. The molecule has 0 radical (unpaired) electrons. The Morgan fingerprint density at radius 2 is 0.931 bits per heavy atom. The highest BCUT2D eigenvalue weighted by Crippen LogP contribution is 2.17. The molecule has 0 aliphatic heterocycles. The fraction of sp³-hybridized carbons (Fsp3) is 0.808. The number of allylic oxidation sites excluding steroid dienone is 8. The second-order valence-corrected chi connectivity index (χ2v) is 16.8. The van der Waals surface area contributed by atoms with E-state index >= 15 is 0 Å². The number of aliphatic hydroxyl groups is 2. The Morgan fingerprint density at radius 3 is 1.45 bits per heavy atom. The Bertz CT molecular complexity index is 1000. The third-order valence-corrected chi connectivity index (χ3v) is 11.1. The van der Waals surface area contributed by atoms with Gasteiger partial charge in [-0.25, -0.2) is 0 Å². The third-order valence-electron chi connectivity index (χ3n) is 11.1. The summed E-state index contributed by atoms with van der Waals surface area (Å²) in [6, 6.07) is -0.707. The van der Waals surface area contributed by atoms with Gasteiger partial charge in [-0.15, -0.1) is 0 Å². The van der Waals surface area contributed by atoms with Crippen LogP contribution < -0.4 is 5.32 Å². The van der Waals surface area contributed by atoms with Crippen LogP contribution in [0.4, 0.5) is 0 Å². The molecule has 6 nitrogen and oxygen atoms in total. The molecule has 0 saturated heterocycles. The molecule has 3 atom stereocenters. The van der Waals surface area contributed by atoms with Gasteiger partial charge in [0.2, 0.25) is 5.91 Å². The van der Waals surface area contributed by atoms with Crippen LogP contribution in [0.2, 0.25) is 0 Å². The summed E-state index contributed by atoms with van der Waals surface area (Å²) in [5, 5.41) is 23.6. The van der Waals surface area contributed by atoms with Crippen LogP contribution in [-0.4, -0.2) is 46.9 Å². The minimum Gasteiger partial charge on any atom is -0.462 e. The summed E-state index contributed by atoms with van der Waals surface area (Å²) in [6.45, 7) is 6.34. The van der Waals surface area contributed by atoms with Crippen molar-refractivity contribution in [2.24, 2.45) is 0 Å². The molecule has 3 N–H and O–H groups in total. The van der Waals surface area contributed by atoms with Gasteiger partial charge in [0.25, 0.3) is 0 Å². The summed E-state index contributed by atoms with van der Waals surface area (Å²) in [5.41, 5.74) is 0. The van der Waals surface area contributed by atoms with Gasteiger partial charge in [0.1, 0.15) is 6.10 Å². The number of hydrogen-bond acceptors (Lipinski definition) is 5. The maximum atomic E-state index is 13.2. The summed E-state index contributed by atoms with van der Waals surface area (Å²) >= 11 is 0. The van der Waals surface area contributed by atoms with Gasteiger partial charge in [-0.1, -0.05) is 198 Å². The normalized spacial score (nSPS) is 13.7. The first kappa shape index (κ1) is 55.8. The van der Waals surface area contributed by atoms with Gasteiger partial charge in [-0.05, 0) is 83.5 Å². The van der Waals surface area contributed by atoms with Crippen molar-refractivity contribution in [2.75, 3.05) is 6.61 Å². The van der Waals surface area contributed by atoms with Crippen molar-refractivity contribution in [2.45, 2.75) is 264 Å². The first-order chi connectivity index (χ1) is 28.5. The lowest BCUT2D eigenvalue weighted by Gasteiger charge is -2.24. The van der Waals surface area contributed by atoms with Gasteiger partial charge in [-0.3, -0.25) is 9.59 Å². The van der Waals surface area contributed by atoms with Crippen LogP contribution in [0.5, 0.6) is 0 Å². The molecule has 0 aromatic rings. The molecule has 0 bridgehead atoms. The third kappa shape index (κ3) is 40.6. The largest absolute Gasteiger partial charge is 0.462 e. The molecule has 0 aliphatic carbocycles. The summed E-state index contributed by atoms with van der Waals surface area (Å²) in [4.78, 5) is 26.1. The Balaban J connectivity index is 4.61. The van der Waals surface area contributed by atoms with Gasteiger partial charge in [0.15, 0.2) is 0 Å². The molecule has 58 heavy (non-hydrogen) atoms. The van der Waals surface area contributed by atoms with Crippen LogP contribution in [0.25, 0.3) is 0 Å². The molecular weight excluding hydrogens is 719 g/mol. The van der Waals surface area contributed by atoms with E-state index in [1.165, 1.54) is 103 Å². The van der Waals surface area contributed by atoms with E-state index in [0.717, 1.165) is 96.3 Å². The van der Waals surface area contributed by atoms with E-state index in [4.69, 9.17) is 4.74 Å². The van der Waals surface area contributed by atoms with E-state index in [-0.39, 0.29) is 24.9 Å². The molecule has 0 fully saturated rings. The first-order valence-electron chi connectivity index (χ1n) is 24.9. The van der Waals surface area contributed by atoms with Gasteiger partial charge >= 0.3 is 5.97 Å². The highest BCUT2D eigenvalue weighted by Gasteiger charge is 2.24. The summed E-state index contributed by atoms with van der Waals surface area (Å²) in [7, 11) is 0. The van der Waals surface area contributed by atoms with Crippen molar-refractivity contribution in [1.29, 1.82) is 0 Å². The van der Waals surface area contributed by atoms with Gasteiger partial charge < -0.3 is 20.3 Å². The lowest BCUT2D eigenvalue weighted by molar-refractivity contribution is -0.151. The monoisotopic (exact) mass is 814 g/mol. The summed E-state index contributed by atoms with van der Waals surface area (Å²) < 4.78 is 5.91. The van der Waals surface area contributed by atoms with Gasteiger partial charge in [0, 0.05) is 6.42 Å². The smallest absolute Gasteiger partial charge is 0.306 e. The van der Waals surface area contributed by atoms with Gasteiger partial charge in [-0.2, -0.15) is 0 Å². The number of amides is 1. The highest BCUT2D eigenvalue weighted by atomic mass is 16.5.